The molecule has 0 heterocycles. The van der Waals surface area contributed by atoms with Crippen molar-refractivity contribution in [3.63, 3.8) is 0 Å². The molecule has 0 saturated heterocycles. The number of nitrogens with one attached hydrogen (secondary N) is 1. The molecule has 0 atom stereocenters. The number of benzene rings is 2. The summed E-state index contributed by atoms with van der Waals surface area (Å²) in [6, 6.07) is 12.8. The lowest BCUT2D eigenvalue weighted by molar-refractivity contribution is 0.100. The van der Waals surface area contributed by atoms with Gasteiger partial charge in [0, 0.05) is 27.3 Å². The number of halogens is 2. The number of nitrogens with two attached hydrogens (primary N) is 1. The van der Waals surface area contributed by atoms with Crippen LogP contribution in [-0.4, -0.2) is 5.91 Å². The van der Waals surface area contributed by atoms with Gasteiger partial charge in [-0.25, -0.2) is 0 Å². The lowest BCUT2D eigenvalue weighted by atomic mass is 10.2. The van der Waals surface area contributed by atoms with Gasteiger partial charge in [-0.3, -0.25) is 4.79 Å². The number of anilines is 1. The highest BCUT2D eigenvalue weighted by atomic mass is 79.9. The first kappa shape index (κ1) is 13.9. The Labute approximate surface area is 124 Å². The lowest BCUT2D eigenvalue weighted by Crippen LogP contribution is -2.10. The van der Waals surface area contributed by atoms with E-state index < -0.39 is 5.91 Å². The van der Waals surface area contributed by atoms with E-state index in [2.05, 4.69) is 21.2 Å². The van der Waals surface area contributed by atoms with Crippen LogP contribution in [0.1, 0.15) is 15.9 Å². The van der Waals surface area contributed by atoms with Gasteiger partial charge in [-0.15, -0.1) is 0 Å². The van der Waals surface area contributed by atoms with Crippen molar-refractivity contribution in [2.24, 2.45) is 5.73 Å². The van der Waals surface area contributed by atoms with Crippen LogP contribution in [-0.2, 0) is 6.54 Å². The Morgan fingerprint density at radius 2 is 1.89 bits per heavy atom. The molecule has 0 aliphatic rings. The smallest absolute Gasteiger partial charge is 0.248 e. The third kappa shape index (κ3) is 3.72. The number of amides is 1. The van der Waals surface area contributed by atoms with Gasteiger partial charge in [-0.2, -0.15) is 0 Å². The van der Waals surface area contributed by atoms with Gasteiger partial charge >= 0.3 is 0 Å². The fraction of sp³-hybridized carbons (Fsp3) is 0.0714. The predicted molar refractivity (Wildman–Crippen MR) is 81.4 cm³/mol. The molecule has 3 N–H and O–H groups in total. The highest BCUT2D eigenvalue weighted by Gasteiger charge is 2.02. The number of hydrogen-bond acceptors (Lipinski definition) is 2. The van der Waals surface area contributed by atoms with Gasteiger partial charge in [-0.1, -0.05) is 33.6 Å². The van der Waals surface area contributed by atoms with Crippen molar-refractivity contribution in [3.8, 4) is 0 Å². The van der Waals surface area contributed by atoms with Gasteiger partial charge in [0.2, 0.25) is 5.91 Å². The van der Waals surface area contributed by atoms with Crippen LogP contribution in [0.4, 0.5) is 5.69 Å². The minimum absolute atomic E-state index is 0.428. The average molecular weight is 340 g/mol. The van der Waals surface area contributed by atoms with Crippen LogP contribution in [0.5, 0.6) is 0 Å². The first-order chi connectivity index (χ1) is 9.06. The summed E-state index contributed by atoms with van der Waals surface area (Å²) < 4.78 is 0.951. The molecule has 0 fully saturated rings. The fourth-order valence-corrected chi connectivity index (χ4v) is 2.35. The SMILES string of the molecule is NC(=O)c1ccc(NCc2ccc(Br)cc2Cl)cc1. The molecule has 0 bridgehead atoms. The second-order valence-electron chi connectivity index (χ2n) is 4.03. The van der Waals surface area contributed by atoms with Crippen molar-refractivity contribution in [2.75, 3.05) is 5.32 Å². The van der Waals surface area contributed by atoms with Crippen molar-refractivity contribution >= 4 is 39.1 Å². The van der Waals surface area contributed by atoms with E-state index in [1.807, 2.05) is 30.3 Å². The van der Waals surface area contributed by atoms with E-state index in [1.165, 1.54) is 0 Å². The minimum atomic E-state index is -0.428. The van der Waals surface area contributed by atoms with Gasteiger partial charge in [-0.05, 0) is 42.0 Å². The zero-order valence-electron chi connectivity index (χ0n) is 9.99. The molecule has 98 valence electrons. The maximum Gasteiger partial charge on any atom is 0.248 e. The summed E-state index contributed by atoms with van der Waals surface area (Å²) in [5.41, 5.74) is 7.58. The molecular formula is C14H12BrClN2O. The molecule has 0 unspecified atom stereocenters. The maximum atomic E-state index is 10.9. The van der Waals surface area contributed by atoms with E-state index in [0.717, 1.165) is 15.7 Å². The molecule has 2 rings (SSSR count). The first-order valence-electron chi connectivity index (χ1n) is 5.64. The summed E-state index contributed by atoms with van der Waals surface area (Å²) in [6.45, 7) is 0.613. The van der Waals surface area contributed by atoms with E-state index in [0.29, 0.717) is 17.1 Å². The Hall–Kier alpha value is -1.52. The Kier molecular flexibility index (Phi) is 4.45. The third-order valence-electron chi connectivity index (χ3n) is 2.67. The molecule has 3 nitrogen and oxygen atoms in total. The van der Waals surface area contributed by atoms with Crippen LogP contribution in [0.25, 0.3) is 0 Å². The van der Waals surface area contributed by atoms with Crippen molar-refractivity contribution in [3.05, 3.63) is 63.1 Å². The highest BCUT2D eigenvalue weighted by molar-refractivity contribution is 9.10. The summed E-state index contributed by atoms with van der Waals surface area (Å²) >= 11 is 9.50. The number of carbonyl (C=O) groups is 1. The zero-order chi connectivity index (χ0) is 13.8. The molecule has 0 aromatic heterocycles. The summed E-state index contributed by atoms with van der Waals surface area (Å²) in [5.74, 6) is -0.428. The Balaban J connectivity index is 2.04. The Morgan fingerprint density at radius 1 is 1.21 bits per heavy atom. The van der Waals surface area contributed by atoms with Crippen LogP contribution in [0.2, 0.25) is 5.02 Å². The third-order valence-corrected chi connectivity index (χ3v) is 3.51. The van der Waals surface area contributed by atoms with Crippen molar-refractivity contribution < 1.29 is 4.79 Å². The molecule has 0 aliphatic carbocycles. The predicted octanol–water partition coefficient (Wildman–Crippen LogP) is 3.81. The second kappa shape index (κ2) is 6.08. The van der Waals surface area contributed by atoms with Crippen LogP contribution in [0, 0.1) is 0 Å². The van der Waals surface area contributed by atoms with Gasteiger partial charge in [0.25, 0.3) is 0 Å². The molecule has 1 amide bonds. The zero-order valence-corrected chi connectivity index (χ0v) is 12.3. The summed E-state index contributed by atoms with van der Waals surface area (Å²) in [6.07, 6.45) is 0. The summed E-state index contributed by atoms with van der Waals surface area (Å²) in [7, 11) is 0. The normalized spacial score (nSPS) is 10.2. The van der Waals surface area contributed by atoms with Crippen LogP contribution in [0.15, 0.2) is 46.9 Å². The molecule has 0 radical (unpaired) electrons. The van der Waals surface area contributed by atoms with Gasteiger partial charge < -0.3 is 11.1 Å². The molecular weight excluding hydrogens is 328 g/mol. The van der Waals surface area contributed by atoms with Crippen molar-refractivity contribution in [1.29, 1.82) is 0 Å². The second-order valence-corrected chi connectivity index (χ2v) is 5.35. The van der Waals surface area contributed by atoms with Crippen molar-refractivity contribution in [2.45, 2.75) is 6.54 Å². The summed E-state index contributed by atoms with van der Waals surface area (Å²) in [4.78, 5) is 10.9. The number of primary amides is 1. The minimum Gasteiger partial charge on any atom is -0.381 e. The van der Waals surface area contributed by atoms with Crippen LogP contribution < -0.4 is 11.1 Å². The number of hydrogen-bond donors (Lipinski definition) is 2. The van der Waals surface area contributed by atoms with Gasteiger partial charge in [0.05, 0.1) is 0 Å². The molecule has 0 spiro atoms. The van der Waals surface area contributed by atoms with E-state index in [1.54, 1.807) is 12.1 Å². The molecule has 5 heteroatoms. The van der Waals surface area contributed by atoms with E-state index in [4.69, 9.17) is 17.3 Å². The number of carbonyl (C=O) groups excluding carboxylic acids is 1. The van der Waals surface area contributed by atoms with Gasteiger partial charge in [0.15, 0.2) is 0 Å². The summed E-state index contributed by atoms with van der Waals surface area (Å²) in [5, 5.41) is 3.94. The Bertz CT molecular complexity index is 599. The average Bonchev–Trinajstić information content (AvgIpc) is 2.38. The molecule has 2 aromatic rings. The quantitative estimate of drug-likeness (QED) is 0.890. The molecule has 2 aromatic carbocycles. The Morgan fingerprint density at radius 3 is 2.47 bits per heavy atom. The topological polar surface area (TPSA) is 55.1 Å². The number of rotatable bonds is 4. The molecule has 0 aliphatic heterocycles. The monoisotopic (exact) mass is 338 g/mol. The van der Waals surface area contributed by atoms with Crippen molar-refractivity contribution in [1.82, 2.24) is 0 Å². The van der Waals surface area contributed by atoms with E-state index >= 15 is 0 Å². The largest absolute Gasteiger partial charge is 0.381 e. The van der Waals surface area contributed by atoms with E-state index in [9.17, 15) is 4.79 Å². The van der Waals surface area contributed by atoms with Crippen LogP contribution in [0.3, 0.4) is 0 Å². The molecule has 0 saturated carbocycles. The first-order valence-corrected chi connectivity index (χ1v) is 6.81. The van der Waals surface area contributed by atoms with Gasteiger partial charge in [0.1, 0.15) is 0 Å². The molecule has 19 heavy (non-hydrogen) atoms. The highest BCUT2D eigenvalue weighted by Crippen LogP contribution is 2.22. The van der Waals surface area contributed by atoms with E-state index in [-0.39, 0.29) is 0 Å². The lowest BCUT2D eigenvalue weighted by Gasteiger charge is -2.08. The standard InChI is InChI=1S/C14H12BrClN2O/c15-11-4-1-10(13(16)7-11)8-18-12-5-2-9(3-6-12)14(17)19/h1-7,18H,8H2,(H2,17,19). The van der Waals surface area contributed by atoms with Crippen LogP contribution >= 0.6 is 27.5 Å². The maximum absolute atomic E-state index is 10.9. The fourth-order valence-electron chi connectivity index (χ4n) is 1.61.